The number of nitrogens with zero attached hydrogens (tertiary/aromatic N) is 2. The molecule has 0 spiro atoms. The number of hydrogen-bond donors (Lipinski definition) is 1. The predicted octanol–water partition coefficient (Wildman–Crippen LogP) is 2.84. The van der Waals surface area contributed by atoms with Crippen LogP contribution in [0, 0.1) is 11.3 Å². The highest BCUT2D eigenvalue weighted by molar-refractivity contribution is 5.96. The highest BCUT2D eigenvalue weighted by atomic mass is 16.2. The van der Waals surface area contributed by atoms with Crippen LogP contribution in [-0.2, 0) is 0 Å². The van der Waals surface area contributed by atoms with Crippen molar-refractivity contribution in [2.24, 2.45) is 11.3 Å². The van der Waals surface area contributed by atoms with Crippen molar-refractivity contribution in [1.82, 2.24) is 4.90 Å². The summed E-state index contributed by atoms with van der Waals surface area (Å²) in [5, 5.41) is 0. The fraction of sp³-hybridized carbons (Fsp3) is 0.588. The standard InChI is InChI=1S/C17H27N3O/c1-17(2,3)13-8-9-20(11-13)15-10-12(6-7-14(15)18)16(21)19(4)5/h6-7,10,13H,8-9,11,18H2,1-5H3. The van der Waals surface area contributed by atoms with Crippen molar-refractivity contribution in [2.75, 3.05) is 37.8 Å². The van der Waals surface area contributed by atoms with Gasteiger partial charge in [0.25, 0.3) is 5.91 Å². The van der Waals surface area contributed by atoms with Crippen LogP contribution in [0.4, 0.5) is 11.4 Å². The molecule has 1 atom stereocenters. The van der Waals surface area contributed by atoms with Crippen LogP contribution in [0.25, 0.3) is 0 Å². The van der Waals surface area contributed by atoms with Gasteiger partial charge in [0.15, 0.2) is 0 Å². The maximum Gasteiger partial charge on any atom is 0.253 e. The van der Waals surface area contributed by atoms with Crippen molar-refractivity contribution in [1.29, 1.82) is 0 Å². The quantitative estimate of drug-likeness (QED) is 0.852. The van der Waals surface area contributed by atoms with E-state index in [0.29, 0.717) is 16.9 Å². The highest BCUT2D eigenvalue weighted by Crippen LogP contribution is 2.37. The molecule has 1 fully saturated rings. The summed E-state index contributed by atoms with van der Waals surface area (Å²) < 4.78 is 0. The number of anilines is 2. The van der Waals surface area contributed by atoms with Gasteiger partial charge in [-0.25, -0.2) is 0 Å². The molecule has 1 aliphatic rings. The SMILES string of the molecule is CN(C)C(=O)c1ccc(N)c(N2CCC(C(C)(C)C)C2)c1. The molecule has 4 heteroatoms. The predicted molar refractivity (Wildman–Crippen MR) is 88.6 cm³/mol. The monoisotopic (exact) mass is 289 g/mol. The van der Waals surface area contributed by atoms with E-state index in [1.54, 1.807) is 25.1 Å². The lowest BCUT2D eigenvalue weighted by Gasteiger charge is -2.28. The Morgan fingerprint density at radius 2 is 2.00 bits per heavy atom. The van der Waals surface area contributed by atoms with Crippen molar-refractivity contribution in [3.63, 3.8) is 0 Å². The van der Waals surface area contributed by atoms with Crippen molar-refractivity contribution in [3.8, 4) is 0 Å². The van der Waals surface area contributed by atoms with E-state index in [1.165, 1.54) is 6.42 Å². The average Bonchev–Trinajstić information content (AvgIpc) is 2.87. The van der Waals surface area contributed by atoms with E-state index in [4.69, 9.17) is 5.73 Å². The number of amides is 1. The van der Waals surface area contributed by atoms with Crippen molar-refractivity contribution in [3.05, 3.63) is 23.8 Å². The molecule has 0 radical (unpaired) electrons. The van der Waals surface area contributed by atoms with Crippen LogP contribution in [0.15, 0.2) is 18.2 Å². The van der Waals surface area contributed by atoms with Gasteiger partial charge in [0, 0.05) is 32.7 Å². The van der Waals surface area contributed by atoms with Crippen LogP contribution in [-0.4, -0.2) is 38.0 Å². The van der Waals surface area contributed by atoms with Gasteiger partial charge in [-0.3, -0.25) is 4.79 Å². The Hall–Kier alpha value is -1.71. The third kappa shape index (κ3) is 3.31. The van der Waals surface area contributed by atoms with Gasteiger partial charge in [0.05, 0.1) is 11.4 Å². The number of benzene rings is 1. The molecule has 2 N–H and O–H groups in total. The number of hydrogen-bond acceptors (Lipinski definition) is 3. The number of nitrogens with two attached hydrogens (primary N) is 1. The van der Waals surface area contributed by atoms with Crippen LogP contribution in [0.5, 0.6) is 0 Å². The molecular formula is C17H27N3O. The third-order valence-corrected chi connectivity index (χ3v) is 4.44. The Morgan fingerprint density at radius 3 is 2.52 bits per heavy atom. The first-order valence-corrected chi connectivity index (χ1v) is 7.56. The van der Waals surface area contributed by atoms with E-state index in [-0.39, 0.29) is 5.91 Å². The van der Waals surface area contributed by atoms with E-state index >= 15 is 0 Å². The normalized spacial score (nSPS) is 18.9. The molecule has 1 aliphatic heterocycles. The molecule has 4 nitrogen and oxygen atoms in total. The molecule has 1 heterocycles. The average molecular weight is 289 g/mol. The molecule has 1 aromatic rings. The lowest BCUT2D eigenvalue weighted by molar-refractivity contribution is 0.0827. The van der Waals surface area contributed by atoms with Crippen molar-refractivity contribution < 1.29 is 4.79 Å². The maximum atomic E-state index is 12.1. The summed E-state index contributed by atoms with van der Waals surface area (Å²) in [6, 6.07) is 5.58. The van der Waals surface area contributed by atoms with E-state index in [0.717, 1.165) is 24.5 Å². The van der Waals surface area contributed by atoms with Crippen LogP contribution in [0.3, 0.4) is 0 Å². The first-order valence-electron chi connectivity index (χ1n) is 7.56. The zero-order valence-corrected chi connectivity index (χ0v) is 13.8. The number of rotatable bonds is 2. The summed E-state index contributed by atoms with van der Waals surface area (Å²) in [6.07, 6.45) is 1.18. The van der Waals surface area contributed by atoms with Gasteiger partial charge in [0.2, 0.25) is 0 Å². The Kier molecular flexibility index (Phi) is 4.17. The largest absolute Gasteiger partial charge is 0.397 e. The molecule has 2 rings (SSSR count). The minimum atomic E-state index is 0.0165. The fourth-order valence-electron chi connectivity index (χ4n) is 2.89. The Morgan fingerprint density at radius 1 is 1.33 bits per heavy atom. The second-order valence-electron chi connectivity index (χ2n) is 7.27. The van der Waals surface area contributed by atoms with Crippen molar-refractivity contribution >= 4 is 17.3 Å². The van der Waals surface area contributed by atoms with Gasteiger partial charge in [-0.05, 0) is 36.0 Å². The van der Waals surface area contributed by atoms with E-state index in [2.05, 4.69) is 25.7 Å². The maximum absolute atomic E-state index is 12.1. The van der Waals surface area contributed by atoms with E-state index < -0.39 is 0 Å². The summed E-state index contributed by atoms with van der Waals surface area (Å²) in [5.74, 6) is 0.674. The fourth-order valence-corrected chi connectivity index (χ4v) is 2.89. The van der Waals surface area contributed by atoms with Crippen LogP contribution in [0.2, 0.25) is 0 Å². The highest BCUT2D eigenvalue weighted by Gasteiger charge is 2.32. The third-order valence-electron chi connectivity index (χ3n) is 4.44. The minimum Gasteiger partial charge on any atom is -0.397 e. The van der Waals surface area contributed by atoms with Gasteiger partial charge >= 0.3 is 0 Å². The van der Waals surface area contributed by atoms with Gasteiger partial charge in [0.1, 0.15) is 0 Å². The van der Waals surface area contributed by atoms with Crippen LogP contribution in [0.1, 0.15) is 37.6 Å². The molecule has 0 saturated carbocycles. The summed E-state index contributed by atoms with van der Waals surface area (Å²) in [7, 11) is 3.54. The molecule has 1 unspecified atom stereocenters. The van der Waals surface area contributed by atoms with Gasteiger partial charge in [-0.1, -0.05) is 20.8 Å². The van der Waals surface area contributed by atoms with E-state index in [9.17, 15) is 4.79 Å². The smallest absolute Gasteiger partial charge is 0.253 e. The molecular weight excluding hydrogens is 262 g/mol. The number of carbonyl (C=O) groups is 1. The first-order chi connectivity index (χ1) is 9.70. The molecule has 1 aromatic carbocycles. The van der Waals surface area contributed by atoms with Gasteiger partial charge in [-0.15, -0.1) is 0 Å². The molecule has 21 heavy (non-hydrogen) atoms. The lowest BCUT2D eigenvalue weighted by atomic mass is 9.80. The summed E-state index contributed by atoms with van der Waals surface area (Å²) in [5.41, 5.74) is 8.88. The summed E-state index contributed by atoms with van der Waals surface area (Å²) >= 11 is 0. The Labute approximate surface area is 127 Å². The van der Waals surface area contributed by atoms with Crippen molar-refractivity contribution in [2.45, 2.75) is 27.2 Å². The zero-order valence-electron chi connectivity index (χ0n) is 13.8. The molecule has 116 valence electrons. The zero-order chi connectivity index (χ0) is 15.8. The van der Waals surface area contributed by atoms with Gasteiger partial charge < -0.3 is 15.5 Å². The van der Waals surface area contributed by atoms with Crippen LogP contribution < -0.4 is 10.6 Å². The van der Waals surface area contributed by atoms with Crippen LogP contribution >= 0.6 is 0 Å². The minimum absolute atomic E-state index is 0.0165. The number of carbonyl (C=O) groups excluding carboxylic acids is 1. The van der Waals surface area contributed by atoms with E-state index in [1.807, 2.05) is 12.1 Å². The Bertz CT molecular complexity index is 531. The summed E-state index contributed by atoms with van der Waals surface area (Å²) in [4.78, 5) is 16.0. The molecule has 1 amide bonds. The lowest BCUT2D eigenvalue weighted by Crippen LogP contribution is -2.27. The molecule has 0 aliphatic carbocycles. The topological polar surface area (TPSA) is 49.6 Å². The second-order valence-corrected chi connectivity index (χ2v) is 7.27. The second kappa shape index (κ2) is 5.58. The summed E-state index contributed by atoms with van der Waals surface area (Å²) in [6.45, 7) is 8.88. The Balaban J connectivity index is 2.25. The first kappa shape index (κ1) is 15.7. The molecule has 0 aromatic heterocycles. The molecule has 0 bridgehead atoms. The number of nitrogen functional groups attached to an aromatic ring is 1. The molecule has 1 saturated heterocycles. The van der Waals surface area contributed by atoms with Gasteiger partial charge in [-0.2, -0.15) is 0 Å².